The van der Waals surface area contributed by atoms with Crippen LogP contribution in [0.15, 0.2) is 65.8 Å². The number of nitrogens with one attached hydrogen (secondary N) is 1. The van der Waals surface area contributed by atoms with E-state index in [0.29, 0.717) is 16.8 Å². The third-order valence-corrected chi connectivity index (χ3v) is 6.76. The summed E-state index contributed by atoms with van der Waals surface area (Å²) in [6.45, 7) is 6.66. The molecule has 170 valence electrons. The van der Waals surface area contributed by atoms with E-state index in [1.165, 1.54) is 23.1 Å². The molecule has 2 heterocycles. The van der Waals surface area contributed by atoms with Crippen LogP contribution in [0.25, 0.3) is 11.3 Å². The Balaban J connectivity index is 1.38. The lowest BCUT2D eigenvalue weighted by molar-refractivity contribution is -0.113. The fourth-order valence-corrected chi connectivity index (χ4v) is 5.02. The van der Waals surface area contributed by atoms with Gasteiger partial charge in [-0.3, -0.25) is 4.79 Å². The minimum absolute atomic E-state index is 0.130. The quantitative estimate of drug-likeness (QED) is 0.315. The van der Waals surface area contributed by atoms with Crippen LogP contribution in [0.5, 0.6) is 5.75 Å². The van der Waals surface area contributed by atoms with Gasteiger partial charge < -0.3 is 14.6 Å². The second-order valence-corrected chi connectivity index (χ2v) is 9.43. The highest BCUT2D eigenvalue weighted by atomic mass is 32.2. The maximum Gasteiger partial charge on any atom is 0.236 e. The van der Waals surface area contributed by atoms with E-state index in [9.17, 15) is 4.79 Å². The number of aryl methyl sites for hydroxylation is 1. The van der Waals surface area contributed by atoms with Crippen molar-refractivity contribution in [3.63, 3.8) is 0 Å². The third kappa shape index (κ3) is 5.61. The first kappa shape index (κ1) is 23.0. The van der Waals surface area contributed by atoms with Gasteiger partial charge in [-0.25, -0.2) is 4.98 Å². The number of hydrogen-bond donors (Lipinski definition) is 1. The monoisotopic (exact) mass is 479 g/mol. The fraction of sp³-hybridized carbons (Fsp3) is 0.250. The van der Waals surface area contributed by atoms with E-state index < -0.39 is 0 Å². The summed E-state index contributed by atoms with van der Waals surface area (Å²) in [6.07, 6.45) is -0.266. The number of para-hydroxylation sites is 1. The second-order valence-electron chi connectivity index (χ2n) is 7.28. The van der Waals surface area contributed by atoms with Gasteiger partial charge in [0.15, 0.2) is 22.2 Å². The van der Waals surface area contributed by atoms with Crippen LogP contribution in [-0.4, -0.2) is 31.4 Å². The van der Waals surface area contributed by atoms with Crippen molar-refractivity contribution in [2.24, 2.45) is 0 Å². The van der Waals surface area contributed by atoms with Crippen molar-refractivity contribution in [2.45, 2.75) is 38.6 Å². The lowest BCUT2D eigenvalue weighted by atomic mass is 10.1. The van der Waals surface area contributed by atoms with Gasteiger partial charge >= 0.3 is 0 Å². The predicted octanol–water partition coefficient (Wildman–Crippen LogP) is 5.60. The molecule has 1 N–H and O–H groups in total. The molecular formula is C24H25N5O2S2. The number of rotatable bonds is 9. The zero-order chi connectivity index (χ0) is 23.2. The summed E-state index contributed by atoms with van der Waals surface area (Å²) < 4.78 is 7.97. The number of benzene rings is 2. The molecule has 0 fully saturated rings. The van der Waals surface area contributed by atoms with E-state index in [2.05, 4.69) is 20.5 Å². The van der Waals surface area contributed by atoms with E-state index >= 15 is 0 Å². The Kier molecular flexibility index (Phi) is 7.41. The standard InChI is InChI=1S/C24H25N5O2S2/c1-4-29-22(16(2)31-19-13-9-6-10-14-19)27-28-24(29)32-15-20(30)25-23-26-21(17(3)33-23)18-11-7-5-8-12-18/h5-14,16H,4,15H2,1-3H3,(H,25,26,30). The molecule has 9 heteroatoms. The Morgan fingerprint density at radius 1 is 1.12 bits per heavy atom. The molecule has 0 aliphatic rings. The van der Waals surface area contributed by atoms with Gasteiger partial charge in [0.1, 0.15) is 5.75 Å². The van der Waals surface area contributed by atoms with Gasteiger partial charge in [-0.1, -0.05) is 60.3 Å². The number of amides is 1. The smallest absolute Gasteiger partial charge is 0.236 e. The largest absolute Gasteiger partial charge is 0.483 e. The van der Waals surface area contributed by atoms with E-state index in [1.54, 1.807) is 0 Å². The van der Waals surface area contributed by atoms with Crippen molar-refractivity contribution < 1.29 is 9.53 Å². The SMILES string of the molecule is CCn1c(SCC(=O)Nc2nc(-c3ccccc3)c(C)s2)nnc1C(C)Oc1ccccc1. The molecule has 0 aliphatic carbocycles. The molecule has 4 aromatic rings. The normalized spacial score (nSPS) is 11.8. The number of nitrogens with zero attached hydrogens (tertiary/aromatic N) is 4. The first-order valence-corrected chi connectivity index (χ1v) is 12.5. The zero-order valence-corrected chi connectivity index (χ0v) is 20.3. The number of thiazole rings is 1. The molecule has 0 saturated carbocycles. The van der Waals surface area contributed by atoms with Gasteiger partial charge in [0.2, 0.25) is 5.91 Å². The number of carbonyl (C=O) groups is 1. The molecular weight excluding hydrogens is 454 g/mol. The van der Waals surface area contributed by atoms with Gasteiger partial charge in [-0.2, -0.15) is 0 Å². The van der Waals surface area contributed by atoms with Gasteiger partial charge in [0.25, 0.3) is 0 Å². The van der Waals surface area contributed by atoms with Crippen LogP contribution in [0.1, 0.15) is 30.7 Å². The maximum absolute atomic E-state index is 12.6. The minimum atomic E-state index is -0.266. The molecule has 1 amide bonds. The van der Waals surface area contributed by atoms with Crippen LogP contribution >= 0.6 is 23.1 Å². The van der Waals surface area contributed by atoms with E-state index in [4.69, 9.17) is 4.74 Å². The summed E-state index contributed by atoms with van der Waals surface area (Å²) in [5, 5.41) is 12.8. The Morgan fingerprint density at radius 3 is 2.52 bits per heavy atom. The van der Waals surface area contributed by atoms with Gasteiger partial charge in [-0.05, 0) is 32.9 Å². The topological polar surface area (TPSA) is 81.9 Å². The number of hydrogen-bond acceptors (Lipinski definition) is 7. The Morgan fingerprint density at radius 2 is 1.82 bits per heavy atom. The molecule has 1 unspecified atom stereocenters. The first-order chi connectivity index (χ1) is 16.0. The second kappa shape index (κ2) is 10.6. The van der Waals surface area contributed by atoms with Crippen molar-refractivity contribution in [1.82, 2.24) is 19.7 Å². The van der Waals surface area contributed by atoms with Crippen LogP contribution in [0.3, 0.4) is 0 Å². The molecule has 0 spiro atoms. The zero-order valence-electron chi connectivity index (χ0n) is 18.7. The van der Waals surface area contributed by atoms with Crippen molar-refractivity contribution in [3.05, 3.63) is 71.4 Å². The number of carbonyl (C=O) groups excluding carboxylic acids is 1. The van der Waals surface area contributed by atoms with E-state index in [1.807, 2.05) is 86.0 Å². The highest BCUT2D eigenvalue weighted by Gasteiger charge is 2.20. The lowest BCUT2D eigenvalue weighted by Crippen LogP contribution is -2.15. The van der Waals surface area contributed by atoms with Gasteiger partial charge in [-0.15, -0.1) is 21.5 Å². The van der Waals surface area contributed by atoms with Crippen LogP contribution < -0.4 is 10.1 Å². The Labute approximate surface area is 201 Å². The Bertz CT molecular complexity index is 1210. The Hall–Kier alpha value is -3.17. The molecule has 33 heavy (non-hydrogen) atoms. The van der Waals surface area contributed by atoms with Crippen molar-refractivity contribution >= 4 is 34.1 Å². The molecule has 0 bridgehead atoms. The number of thioether (sulfide) groups is 1. The summed E-state index contributed by atoms with van der Waals surface area (Å²) in [5.74, 6) is 1.59. The molecule has 0 radical (unpaired) electrons. The molecule has 7 nitrogen and oxygen atoms in total. The number of ether oxygens (including phenoxy) is 1. The average molecular weight is 480 g/mol. The summed E-state index contributed by atoms with van der Waals surface area (Å²) >= 11 is 2.82. The highest BCUT2D eigenvalue weighted by Crippen LogP contribution is 2.30. The van der Waals surface area contributed by atoms with Gasteiger partial charge in [0.05, 0.1) is 11.4 Å². The van der Waals surface area contributed by atoms with Crippen molar-refractivity contribution in [2.75, 3.05) is 11.1 Å². The van der Waals surface area contributed by atoms with E-state index in [-0.39, 0.29) is 17.8 Å². The number of aromatic nitrogens is 4. The molecule has 1 atom stereocenters. The number of anilines is 1. The predicted molar refractivity (Wildman–Crippen MR) is 133 cm³/mol. The van der Waals surface area contributed by atoms with Crippen LogP contribution in [0.4, 0.5) is 5.13 Å². The van der Waals surface area contributed by atoms with Crippen molar-refractivity contribution in [3.8, 4) is 17.0 Å². The average Bonchev–Trinajstić information content (AvgIpc) is 3.41. The van der Waals surface area contributed by atoms with E-state index in [0.717, 1.165) is 27.7 Å². The first-order valence-electron chi connectivity index (χ1n) is 10.7. The van der Waals surface area contributed by atoms with Gasteiger partial charge in [0, 0.05) is 17.0 Å². The molecule has 0 aliphatic heterocycles. The molecule has 4 rings (SSSR count). The molecule has 2 aromatic heterocycles. The summed E-state index contributed by atoms with van der Waals surface area (Å²) in [6, 6.07) is 19.6. The van der Waals surface area contributed by atoms with Crippen LogP contribution in [0.2, 0.25) is 0 Å². The highest BCUT2D eigenvalue weighted by molar-refractivity contribution is 7.99. The van der Waals surface area contributed by atoms with Crippen molar-refractivity contribution in [1.29, 1.82) is 0 Å². The minimum Gasteiger partial charge on any atom is -0.483 e. The summed E-state index contributed by atoms with van der Waals surface area (Å²) in [7, 11) is 0. The third-order valence-electron chi connectivity index (χ3n) is 4.90. The fourth-order valence-electron chi connectivity index (χ4n) is 3.36. The maximum atomic E-state index is 12.6. The van der Waals surface area contributed by atoms with Crippen LogP contribution in [-0.2, 0) is 11.3 Å². The molecule has 0 saturated heterocycles. The lowest BCUT2D eigenvalue weighted by Gasteiger charge is -2.15. The molecule has 2 aromatic carbocycles. The van der Waals surface area contributed by atoms with Crippen LogP contribution in [0, 0.1) is 6.92 Å². The summed E-state index contributed by atoms with van der Waals surface area (Å²) in [4.78, 5) is 18.2. The summed E-state index contributed by atoms with van der Waals surface area (Å²) in [5.41, 5.74) is 1.93.